The van der Waals surface area contributed by atoms with Gasteiger partial charge in [-0.05, 0) is 0 Å². The molecule has 50 valence electrons. The summed E-state index contributed by atoms with van der Waals surface area (Å²) in [4.78, 5) is 15.4. The fraction of sp³-hybridized carbons (Fsp3) is 0. The maximum Gasteiger partial charge on any atom is 0 e. The van der Waals surface area contributed by atoms with Gasteiger partial charge in [-0.15, -0.1) is 0 Å². The van der Waals surface area contributed by atoms with Crippen LogP contribution in [0, 0.1) is 0 Å². The predicted molar refractivity (Wildman–Crippen MR) is 18.2 cm³/mol. The van der Waals surface area contributed by atoms with Crippen LogP contribution in [0.4, 0.5) is 0 Å². The molecule has 0 aromatic heterocycles. The molecule has 8 heteroatoms. The van der Waals surface area contributed by atoms with Crippen molar-refractivity contribution < 1.29 is 56.3 Å². The van der Waals surface area contributed by atoms with Gasteiger partial charge in [-0.25, -0.2) is 0 Å². The molecule has 5 N–H and O–H groups in total. The fourth-order valence-electron chi connectivity index (χ4n) is 0. The van der Waals surface area contributed by atoms with E-state index in [9.17, 15) is 4.57 Å². The SMILES string of the molecule is N.O=P(O)(O)[O][Mo].[V]. The standard InChI is InChI=1S/Mo.H3N.H3O4P.V/c;;1-5(2,3)4;/h;1H3;(H3,1,2,3,4);/q+1;;;/p-1. The monoisotopic (exact) mass is 263 g/mol. The van der Waals surface area contributed by atoms with Gasteiger partial charge in [-0.3, -0.25) is 0 Å². The van der Waals surface area contributed by atoms with Crippen LogP contribution in [0.1, 0.15) is 0 Å². The number of hydrogen-bond donors (Lipinski definition) is 3. The molecule has 0 atom stereocenters. The normalized spacial score (nSPS) is 8.75. The van der Waals surface area contributed by atoms with E-state index in [4.69, 9.17) is 9.79 Å². The van der Waals surface area contributed by atoms with Gasteiger partial charge in [0.15, 0.2) is 0 Å². The molecule has 0 spiro atoms. The van der Waals surface area contributed by atoms with Gasteiger partial charge >= 0.3 is 45.5 Å². The van der Waals surface area contributed by atoms with E-state index in [1.165, 1.54) is 0 Å². The first-order valence-corrected chi connectivity index (χ1v) is 3.28. The molecule has 0 amide bonds. The van der Waals surface area contributed by atoms with Gasteiger partial charge in [-0.2, -0.15) is 0 Å². The number of hydrogen-bond acceptors (Lipinski definition) is 3. The molecular formula is H5MoNO4PV. The zero-order valence-electron chi connectivity index (χ0n) is 3.72. The summed E-state index contributed by atoms with van der Waals surface area (Å²) < 4.78 is 13.1. The summed E-state index contributed by atoms with van der Waals surface area (Å²) in [6.45, 7) is 0. The van der Waals surface area contributed by atoms with E-state index in [2.05, 4.69) is 3.18 Å². The number of rotatable bonds is 1. The van der Waals surface area contributed by atoms with E-state index in [0.29, 0.717) is 0 Å². The van der Waals surface area contributed by atoms with Gasteiger partial charge in [0.1, 0.15) is 0 Å². The van der Waals surface area contributed by atoms with Crippen LogP contribution in [0.15, 0.2) is 0 Å². The molecule has 8 heavy (non-hydrogen) atoms. The van der Waals surface area contributed by atoms with Crippen molar-refractivity contribution in [2.75, 3.05) is 0 Å². The number of phosphoric acid groups is 1. The summed E-state index contributed by atoms with van der Waals surface area (Å²) in [7, 11) is -4.14. The molecule has 0 rings (SSSR count). The summed E-state index contributed by atoms with van der Waals surface area (Å²) in [5.74, 6) is 0. The van der Waals surface area contributed by atoms with Crippen molar-refractivity contribution in [3.05, 3.63) is 0 Å². The summed E-state index contributed by atoms with van der Waals surface area (Å²) in [6, 6.07) is 0. The second kappa shape index (κ2) is 6.46. The van der Waals surface area contributed by atoms with Crippen molar-refractivity contribution in [3.63, 3.8) is 0 Å². The Bertz CT molecular complexity index is 80.1. The van der Waals surface area contributed by atoms with Gasteiger partial charge in [-0.1, -0.05) is 0 Å². The fourth-order valence-corrected chi connectivity index (χ4v) is 0. The average molecular weight is 261 g/mol. The third kappa shape index (κ3) is 15.7. The van der Waals surface area contributed by atoms with Crippen LogP contribution < -0.4 is 6.15 Å². The molecule has 0 saturated carbocycles. The quantitative estimate of drug-likeness (QED) is 0.445. The Balaban J connectivity index is -0.000000125. The third-order valence-corrected chi connectivity index (χ3v) is 1.72. The first kappa shape index (κ1) is 16.2. The largest absolute Gasteiger partial charge is 0 e. The van der Waals surface area contributed by atoms with Crippen LogP contribution in [0.2, 0.25) is 0 Å². The summed E-state index contributed by atoms with van der Waals surface area (Å²) in [5.41, 5.74) is 0. The van der Waals surface area contributed by atoms with Crippen LogP contribution >= 0.6 is 7.82 Å². The van der Waals surface area contributed by atoms with E-state index in [1.807, 2.05) is 0 Å². The molecule has 0 unspecified atom stereocenters. The maximum absolute atomic E-state index is 9.47. The van der Waals surface area contributed by atoms with Gasteiger partial charge in [0, 0.05) is 18.6 Å². The van der Waals surface area contributed by atoms with Crippen LogP contribution in [0.25, 0.3) is 0 Å². The molecule has 0 aliphatic carbocycles. The zero-order valence-corrected chi connectivity index (χ0v) is 8.02. The molecule has 0 aliphatic rings. The Morgan fingerprint density at radius 1 is 1.50 bits per heavy atom. The van der Waals surface area contributed by atoms with Gasteiger partial charge < -0.3 is 6.15 Å². The van der Waals surface area contributed by atoms with Gasteiger partial charge in [0.05, 0.1) is 0 Å². The van der Waals surface area contributed by atoms with Gasteiger partial charge in [0.25, 0.3) is 0 Å². The second-order valence-electron chi connectivity index (χ2n) is 0.565. The molecule has 0 saturated heterocycles. The minimum Gasteiger partial charge on any atom is 0 e. The molecular weight excluding hydrogens is 256 g/mol. The van der Waals surface area contributed by atoms with E-state index in [1.54, 1.807) is 0 Å². The minimum absolute atomic E-state index is 0. The molecule has 0 aromatic rings. The molecule has 0 heterocycles. The van der Waals surface area contributed by atoms with Crippen LogP contribution in [-0.4, -0.2) is 9.79 Å². The van der Waals surface area contributed by atoms with Crippen molar-refractivity contribution in [1.29, 1.82) is 0 Å². The molecule has 5 nitrogen and oxygen atoms in total. The second-order valence-corrected chi connectivity index (χ2v) is 2.79. The van der Waals surface area contributed by atoms with Crippen molar-refractivity contribution in [2.45, 2.75) is 0 Å². The summed E-state index contributed by atoms with van der Waals surface area (Å²) in [6.07, 6.45) is 0. The third-order valence-electron chi connectivity index (χ3n) is 0.0971. The summed E-state index contributed by atoms with van der Waals surface area (Å²) >= 11 is 0.883. The van der Waals surface area contributed by atoms with E-state index >= 15 is 0 Å². The van der Waals surface area contributed by atoms with E-state index in [0.717, 1.165) is 20.2 Å². The molecule has 0 fully saturated rings. The van der Waals surface area contributed by atoms with Crippen LogP contribution in [0.5, 0.6) is 0 Å². The first-order valence-electron chi connectivity index (χ1n) is 0.932. The Morgan fingerprint density at radius 3 is 1.62 bits per heavy atom. The Labute approximate surface area is 70.3 Å². The van der Waals surface area contributed by atoms with Crippen molar-refractivity contribution >= 4 is 7.82 Å². The smallest absolute Gasteiger partial charge is 0 e. The van der Waals surface area contributed by atoms with Crippen molar-refractivity contribution in [1.82, 2.24) is 6.15 Å². The Hall–Kier alpha value is 1.34. The van der Waals surface area contributed by atoms with E-state index < -0.39 is 7.82 Å². The molecule has 0 bridgehead atoms. The van der Waals surface area contributed by atoms with Crippen molar-refractivity contribution in [2.24, 2.45) is 0 Å². The van der Waals surface area contributed by atoms with Crippen LogP contribution in [0.3, 0.4) is 0 Å². The predicted octanol–water partition coefficient (Wildman–Crippen LogP) is -0.283. The van der Waals surface area contributed by atoms with Gasteiger partial charge in [0.2, 0.25) is 0 Å². The van der Waals surface area contributed by atoms with E-state index in [-0.39, 0.29) is 24.7 Å². The Kier molecular flexibility index (Phi) is 13.1. The zero-order chi connectivity index (χ0) is 5.21. The Morgan fingerprint density at radius 2 is 1.62 bits per heavy atom. The first-order chi connectivity index (χ1) is 2.56. The topological polar surface area (TPSA) is 102 Å². The summed E-state index contributed by atoms with van der Waals surface area (Å²) in [5, 5.41) is 0. The van der Waals surface area contributed by atoms with Crippen LogP contribution in [-0.2, 0) is 46.5 Å². The average Bonchev–Trinajstić information content (AvgIpc) is 1.35. The molecule has 0 aliphatic heterocycles. The van der Waals surface area contributed by atoms with Crippen molar-refractivity contribution in [3.8, 4) is 0 Å². The minimum atomic E-state index is -4.14. The molecule has 1 radical (unpaired) electrons. The maximum atomic E-state index is 9.47. The molecule has 0 aromatic carbocycles.